The first kappa shape index (κ1) is 17.9. The van der Waals surface area contributed by atoms with Gasteiger partial charge in [0.2, 0.25) is 5.91 Å². The van der Waals surface area contributed by atoms with Gasteiger partial charge in [-0.15, -0.1) is 0 Å². The molecule has 2 N–H and O–H groups in total. The van der Waals surface area contributed by atoms with Gasteiger partial charge in [0.05, 0.1) is 12.1 Å². The van der Waals surface area contributed by atoms with E-state index in [4.69, 9.17) is 0 Å². The van der Waals surface area contributed by atoms with Gasteiger partial charge in [-0.05, 0) is 52.9 Å². The highest BCUT2D eigenvalue weighted by Crippen LogP contribution is 2.37. The second-order valence-electron chi connectivity index (χ2n) is 6.56. The Kier molecular flexibility index (Phi) is 4.61. The van der Waals surface area contributed by atoms with Crippen molar-refractivity contribution in [3.05, 3.63) is 89.0 Å². The quantitative estimate of drug-likeness (QED) is 0.566. The van der Waals surface area contributed by atoms with Gasteiger partial charge in [0.15, 0.2) is 0 Å². The van der Waals surface area contributed by atoms with Gasteiger partial charge in [0.25, 0.3) is 5.91 Å². The summed E-state index contributed by atoms with van der Waals surface area (Å²) in [7, 11) is 0. The molecule has 0 heterocycles. The SMILES string of the molecule is O=C(CNC(=O)c1ccc(F)cc1F)Nc1ccc2c(c1)Cc1ccccc1-2. The number of benzene rings is 3. The van der Waals surface area contributed by atoms with E-state index in [0.717, 1.165) is 29.7 Å². The molecule has 0 fully saturated rings. The third kappa shape index (κ3) is 3.49. The number of fused-ring (bicyclic) bond motifs is 3. The number of carbonyl (C=O) groups excluding carboxylic acids is 2. The minimum atomic E-state index is -0.976. The lowest BCUT2D eigenvalue weighted by Gasteiger charge is -2.09. The fraction of sp³-hybridized carbons (Fsp3) is 0.0909. The summed E-state index contributed by atoms with van der Waals surface area (Å²) in [5.74, 6) is -2.97. The Morgan fingerprint density at radius 1 is 0.893 bits per heavy atom. The molecule has 2 amide bonds. The molecular formula is C22H16F2N2O2. The molecule has 0 unspecified atom stereocenters. The number of nitrogens with one attached hydrogen (secondary N) is 2. The predicted molar refractivity (Wildman–Crippen MR) is 102 cm³/mol. The average molecular weight is 378 g/mol. The Morgan fingerprint density at radius 2 is 1.68 bits per heavy atom. The summed E-state index contributed by atoms with van der Waals surface area (Å²) in [6.07, 6.45) is 0.801. The number of amides is 2. The van der Waals surface area contributed by atoms with Crippen molar-refractivity contribution in [2.45, 2.75) is 6.42 Å². The number of halogens is 2. The molecule has 0 radical (unpaired) electrons. The van der Waals surface area contributed by atoms with Gasteiger partial charge < -0.3 is 10.6 Å². The van der Waals surface area contributed by atoms with Crippen molar-refractivity contribution >= 4 is 17.5 Å². The Bertz CT molecular complexity index is 1100. The maximum atomic E-state index is 13.6. The van der Waals surface area contributed by atoms with E-state index in [1.54, 1.807) is 6.07 Å². The summed E-state index contributed by atoms with van der Waals surface area (Å²) >= 11 is 0. The zero-order chi connectivity index (χ0) is 19.7. The Hall–Kier alpha value is -3.54. The average Bonchev–Trinajstić information content (AvgIpc) is 3.04. The van der Waals surface area contributed by atoms with E-state index in [1.807, 2.05) is 24.3 Å². The standard InChI is InChI=1S/C22H16F2N2O2/c23-15-5-7-19(20(24)11-15)22(28)25-12-21(27)26-16-6-8-18-14(10-16)9-13-3-1-2-4-17(13)18/h1-8,10-11H,9,12H2,(H,25,28)(H,26,27). The van der Waals surface area contributed by atoms with Crippen molar-refractivity contribution in [1.82, 2.24) is 5.32 Å². The van der Waals surface area contributed by atoms with E-state index in [9.17, 15) is 18.4 Å². The van der Waals surface area contributed by atoms with E-state index in [1.165, 1.54) is 11.1 Å². The molecule has 3 aromatic rings. The molecular weight excluding hydrogens is 362 g/mol. The molecule has 140 valence electrons. The van der Waals surface area contributed by atoms with Crippen molar-refractivity contribution in [3.8, 4) is 11.1 Å². The van der Waals surface area contributed by atoms with Crippen LogP contribution in [0.2, 0.25) is 0 Å². The molecule has 0 spiro atoms. The fourth-order valence-electron chi connectivity index (χ4n) is 3.36. The molecule has 0 atom stereocenters. The summed E-state index contributed by atoms with van der Waals surface area (Å²) in [6.45, 7) is -0.326. The molecule has 0 saturated heterocycles. The molecule has 0 aliphatic heterocycles. The van der Waals surface area contributed by atoms with E-state index < -0.39 is 23.4 Å². The van der Waals surface area contributed by atoms with Crippen molar-refractivity contribution < 1.29 is 18.4 Å². The third-order valence-corrected chi connectivity index (χ3v) is 4.66. The second-order valence-corrected chi connectivity index (χ2v) is 6.56. The lowest BCUT2D eigenvalue weighted by atomic mass is 10.1. The van der Waals surface area contributed by atoms with Crippen LogP contribution in [0.3, 0.4) is 0 Å². The fourth-order valence-corrected chi connectivity index (χ4v) is 3.36. The van der Waals surface area contributed by atoms with Gasteiger partial charge >= 0.3 is 0 Å². The zero-order valence-corrected chi connectivity index (χ0v) is 14.8. The van der Waals surface area contributed by atoms with Gasteiger partial charge in [-0.25, -0.2) is 8.78 Å². The monoisotopic (exact) mass is 378 g/mol. The van der Waals surface area contributed by atoms with Crippen molar-refractivity contribution in [2.24, 2.45) is 0 Å². The first-order chi connectivity index (χ1) is 13.5. The summed E-state index contributed by atoms with van der Waals surface area (Å²) in [6, 6.07) is 16.5. The predicted octanol–water partition coefficient (Wildman–Crippen LogP) is 3.90. The van der Waals surface area contributed by atoms with E-state index in [2.05, 4.69) is 22.8 Å². The molecule has 4 rings (SSSR count). The minimum absolute atomic E-state index is 0.315. The van der Waals surface area contributed by atoms with Crippen LogP contribution in [-0.4, -0.2) is 18.4 Å². The largest absolute Gasteiger partial charge is 0.343 e. The molecule has 1 aliphatic rings. The van der Waals surface area contributed by atoms with Crippen LogP contribution in [0, 0.1) is 11.6 Å². The van der Waals surface area contributed by atoms with E-state index >= 15 is 0 Å². The molecule has 3 aromatic carbocycles. The Morgan fingerprint density at radius 3 is 2.50 bits per heavy atom. The number of hydrogen-bond acceptors (Lipinski definition) is 2. The van der Waals surface area contributed by atoms with Crippen LogP contribution < -0.4 is 10.6 Å². The maximum absolute atomic E-state index is 13.6. The highest BCUT2D eigenvalue weighted by atomic mass is 19.1. The molecule has 28 heavy (non-hydrogen) atoms. The van der Waals surface area contributed by atoms with E-state index in [-0.39, 0.29) is 12.1 Å². The van der Waals surface area contributed by atoms with Crippen LogP contribution >= 0.6 is 0 Å². The van der Waals surface area contributed by atoms with Crippen molar-refractivity contribution in [1.29, 1.82) is 0 Å². The smallest absolute Gasteiger partial charge is 0.254 e. The van der Waals surface area contributed by atoms with Crippen LogP contribution in [0.25, 0.3) is 11.1 Å². The number of hydrogen-bond donors (Lipinski definition) is 2. The van der Waals surface area contributed by atoms with Gasteiger partial charge in [-0.1, -0.05) is 30.3 Å². The molecule has 1 aliphatic carbocycles. The third-order valence-electron chi connectivity index (χ3n) is 4.66. The van der Waals surface area contributed by atoms with Crippen LogP contribution in [0.5, 0.6) is 0 Å². The Balaban J connectivity index is 1.38. The normalized spacial score (nSPS) is 11.5. The van der Waals surface area contributed by atoms with Gasteiger partial charge in [-0.3, -0.25) is 9.59 Å². The summed E-state index contributed by atoms with van der Waals surface area (Å²) in [5.41, 5.74) is 5.02. The minimum Gasteiger partial charge on any atom is -0.343 e. The van der Waals surface area contributed by atoms with Gasteiger partial charge in [0.1, 0.15) is 11.6 Å². The highest BCUT2D eigenvalue weighted by molar-refractivity contribution is 5.99. The van der Waals surface area contributed by atoms with Crippen LogP contribution in [0.15, 0.2) is 60.7 Å². The molecule has 0 aromatic heterocycles. The summed E-state index contributed by atoms with van der Waals surface area (Å²) < 4.78 is 26.5. The lowest BCUT2D eigenvalue weighted by Crippen LogP contribution is -2.33. The zero-order valence-electron chi connectivity index (χ0n) is 14.8. The van der Waals surface area contributed by atoms with Crippen molar-refractivity contribution in [2.75, 3.05) is 11.9 Å². The van der Waals surface area contributed by atoms with Crippen LogP contribution in [0.4, 0.5) is 14.5 Å². The maximum Gasteiger partial charge on any atom is 0.254 e. The van der Waals surface area contributed by atoms with Crippen molar-refractivity contribution in [3.63, 3.8) is 0 Å². The second kappa shape index (κ2) is 7.23. The molecule has 4 nitrogen and oxygen atoms in total. The lowest BCUT2D eigenvalue weighted by molar-refractivity contribution is -0.115. The summed E-state index contributed by atoms with van der Waals surface area (Å²) in [5, 5.41) is 5.05. The first-order valence-electron chi connectivity index (χ1n) is 8.75. The Labute approximate surface area is 160 Å². The van der Waals surface area contributed by atoms with Crippen LogP contribution in [-0.2, 0) is 11.2 Å². The molecule has 6 heteroatoms. The molecule has 0 saturated carbocycles. The van der Waals surface area contributed by atoms with Gasteiger partial charge in [0, 0.05) is 11.8 Å². The number of carbonyl (C=O) groups is 2. The van der Waals surface area contributed by atoms with E-state index in [0.29, 0.717) is 11.8 Å². The first-order valence-corrected chi connectivity index (χ1v) is 8.75. The topological polar surface area (TPSA) is 58.2 Å². The van der Waals surface area contributed by atoms with Gasteiger partial charge in [-0.2, -0.15) is 0 Å². The number of rotatable bonds is 4. The molecule has 0 bridgehead atoms. The summed E-state index contributed by atoms with van der Waals surface area (Å²) in [4.78, 5) is 24.1. The highest BCUT2D eigenvalue weighted by Gasteiger charge is 2.18. The van der Waals surface area contributed by atoms with Crippen LogP contribution in [0.1, 0.15) is 21.5 Å². The number of anilines is 1.